The molecule has 0 aromatic heterocycles. The molecule has 1 amide bonds. The van der Waals surface area contributed by atoms with Crippen molar-refractivity contribution >= 4 is 20.9 Å². The van der Waals surface area contributed by atoms with Gasteiger partial charge in [-0.05, 0) is 18.4 Å². The summed E-state index contributed by atoms with van der Waals surface area (Å²) in [6.45, 7) is 2.40. The summed E-state index contributed by atoms with van der Waals surface area (Å²) in [6, 6.07) is 1.88. The second kappa shape index (κ2) is 3.68. The van der Waals surface area contributed by atoms with Crippen molar-refractivity contribution < 1.29 is 9.59 Å². The molecule has 0 radical (unpaired) electrons. The number of fused-ring (bicyclic) bond motifs is 1. The van der Waals surface area contributed by atoms with Gasteiger partial charge in [0.05, 0.1) is 10.7 Å². The number of hydrogen-bond acceptors (Lipinski definition) is 3. The van der Waals surface area contributed by atoms with Crippen molar-refractivity contribution in [2.24, 2.45) is 11.8 Å². The van der Waals surface area contributed by atoms with E-state index >= 15 is 0 Å². The molecule has 1 fully saturated rings. The van der Waals surface area contributed by atoms with Crippen LogP contribution in [0.2, 0.25) is 0 Å². The number of ketones is 1. The molecule has 4 nitrogen and oxygen atoms in total. The number of piperidine rings is 1. The normalized spacial score (nSPS) is 38.2. The molecular formula is C11H13N2O2P. The molecule has 0 spiro atoms. The highest BCUT2D eigenvalue weighted by atomic mass is 31.0. The maximum absolute atomic E-state index is 11.9. The zero-order chi connectivity index (χ0) is 11.9. The van der Waals surface area contributed by atoms with Gasteiger partial charge < -0.3 is 5.32 Å². The average molecular weight is 236 g/mol. The number of allylic oxidation sites excluding steroid dienone is 1. The molecule has 1 aliphatic heterocycles. The molecule has 0 aromatic rings. The largest absolute Gasteiger partial charge is 0.355 e. The van der Waals surface area contributed by atoms with Crippen molar-refractivity contribution in [3.8, 4) is 6.07 Å². The first kappa shape index (κ1) is 11.3. The van der Waals surface area contributed by atoms with Crippen molar-refractivity contribution in [3.05, 3.63) is 11.6 Å². The highest BCUT2D eigenvalue weighted by Gasteiger charge is 2.50. The lowest BCUT2D eigenvalue weighted by Crippen LogP contribution is -2.56. The van der Waals surface area contributed by atoms with Crippen LogP contribution in [0.3, 0.4) is 0 Å². The van der Waals surface area contributed by atoms with Gasteiger partial charge in [-0.1, -0.05) is 6.92 Å². The third-order valence-corrected chi connectivity index (χ3v) is 4.39. The molecule has 2 rings (SSSR count). The Balaban J connectivity index is 2.53. The van der Waals surface area contributed by atoms with Crippen LogP contribution in [-0.2, 0) is 9.59 Å². The van der Waals surface area contributed by atoms with Gasteiger partial charge in [0, 0.05) is 12.5 Å². The number of carbonyl (C=O) groups is 2. The SMILES string of the molecule is C[C@H]1C(=O)C(C#N)=C[C@@]2(P)C(=O)NCC[C@H]12. The summed E-state index contributed by atoms with van der Waals surface area (Å²) in [4.78, 5) is 23.7. The summed E-state index contributed by atoms with van der Waals surface area (Å²) in [7, 11) is 2.52. The van der Waals surface area contributed by atoms with Crippen LogP contribution >= 0.6 is 9.24 Å². The number of rotatable bonds is 0. The maximum Gasteiger partial charge on any atom is 0.234 e. The summed E-state index contributed by atoms with van der Waals surface area (Å²) < 4.78 is 0. The second-order valence-electron chi connectivity index (χ2n) is 4.41. The molecule has 1 saturated heterocycles. The smallest absolute Gasteiger partial charge is 0.234 e. The lowest BCUT2D eigenvalue weighted by Gasteiger charge is -2.43. The monoisotopic (exact) mass is 236 g/mol. The van der Waals surface area contributed by atoms with E-state index in [9.17, 15) is 9.59 Å². The van der Waals surface area contributed by atoms with Crippen LogP contribution in [0.4, 0.5) is 0 Å². The number of amides is 1. The molecule has 1 unspecified atom stereocenters. The van der Waals surface area contributed by atoms with Crippen molar-refractivity contribution in [1.82, 2.24) is 5.32 Å². The Morgan fingerprint density at radius 2 is 2.31 bits per heavy atom. The van der Waals surface area contributed by atoms with Crippen LogP contribution in [0.25, 0.3) is 0 Å². The Labute approximate surface area is 96.3 Å². The summed E-state index contributed by atoms with van der Waals surface area (Å²) in [5.41, 5.74) is 0.107. The van der Waals surface area contributed by atoms with Crippen molar-refractivity contribution in [2.45, 2.75) is 18.5 Å². The maximum atomic E-state index is 11.9. The van der Waals surface area contributed by atoms with E-state index in [1.54, 1.807) is 6.92 Å². The van der Waals surface area contributed by atoms with E-state index in [0.29, 0.717) is 6.54 Å². The number of hydrogen-bond donors (Lipinski definition) is 1. The van der Waals surface area contributed by atoms with Crippen LogP contribution in [0.15, 0.2) is 11.6 Å². The van der Waals surface area contributed by atoms with Crippen LogP contribution < -0.4 is 5.32 Å². The van der Waals surface area contributed by atoms with Gasteiger partial charge in [0.1, 0.15) is 6.07 Å². The lowest BCUT2D eigenvalue weighted by molar-refractivity contribution is -0.129. The van der Waals surface area contributed by atoms with Crippen LogP contribution in [0.5, 0.6) is 0 Å². The molecule has 0 saturated carbocycles. The molecule has 0 bridgehead atoms. The van der Waals surface area contributed by atoms with E-state index in [-0.39, 0.29) is 29.1 Å². The van der Waals surface area contributed by atoms with E-state index in [4.69, 9.17) is 5.26 Å². The Hall–Kier alpha value is -1.20. The molecule has 84 valence electrons. The Kier molecular flexibility index (Phi) is 2.59. The van der Waals surface area contributed by atoms with E-state index in [2.05, 4.69) is 14.6 Å². The number of nitrogens with zero attached hydrogens (tertiary/aromatic N) is 1. The second-order valence-corrected chi connectivity index (χ2v) is 5.36. The molecule has 5 heteroatoms. The van der Waals surface area contributed by atoms with Gasteiger partial charge in [-0.25, -0.2) is 0 Å². The molecular weight excluding hydrogens is 223 g/mol. The summed E-state index contributed by atoms with van der Waals surface area (Å²) in [5.74, 6) is -0.528. The summed E-state index contributed by atoms with van der Waals surface area (Å²) in [6.07, 6.45) is 2.29. The highest BCUT2D eigenvalue weighted by Crippen LogP contribution is 2.44. The third-order valence-electron chi connectivity index (χ3n) is 3.53. The fraction of sp³-hybridized carbons (Fsp3) is 0.545. The minimum atomic E-state index is -0.781. The van der Waals surface area contributed by atoms with Crippen LogP contribution in [0.1, 0.15) is 13.3 Å². The predicted octanol–water partition coefficient (Wildman–Crippen LogP) is 0.405. The van der Waals surface area contributed by atoms with Gasteiger partial charge in [0.15, 0.2) is 5.78 Å². The van der Waals surface area contributed by atoms with E-state index in [1.165, 1.54) is 6.08 Å². The number of Topliss-reactive ketones (excluding diaryl/α,β-unsaturated/α-hetero) is 1. The van der Waals surface area contributed by atoms with E-state index in [0.717, 1.165) is 6.42 Å². The zero-order valence-electron chi connectivity index (χ0n) is 8.99. The Bertz CT molecular complexity index is 438. The highest BCUT2D eigenvalue weighted by molar-refractivity contribution is 7.21. The average Bonchev–Trinajstić information content (AvgIpc) is 2.27. The standard InChI is InChI=1S/C11H13N2O2P/c1-6-8-2-3-13-10(15)11(8,16)4-7(5-12)9(6)14/h4,6,8H,2-3,16H2,1H3,(H,13,15)/t6-,8-,11+/m1/s1. The molecule has 2 aliphatic rings. The minimum absolute atomic E-state index is 0.0177. The van der Waals surface area contributed by atoms with Crippen molar-refractivity contribution in [3.63, 3.8) is 0 Å². The number of nitriles is 1. The molecule has 1 N–H and O–H groups in total. The summed E-state index contributed by atoms with van der Waals surface area (Å²) in [5, 5.41) is 10.9. The first-order valence-corrected chi connectivity index (χ1v) is 5.83. The van der Waals surface area contributed by atoms with Gasteiger partial charge in [-0.2, -0.15) is 5.26 Å². The van der Waals surface area contributed by atoms with Gasteiger partial charge in [-0.15, -0.1) is 9.24 Å². The fourth-order valence-corrected chi connectivity index (χ4v) is 3.29. The quantitative estimate of drug-likeness (QED) is 0.619. The molecule has 16 heavy (non-hydrogen) atoms. The van der Waals surface area contributed by atoms with Crippen molar-refractivity contribution in [1.29, 1.82) is 5.26 Å². The van der Waals surface area contributed by atoms with Crippen LogP contribution in [0, 0.1) is 23.2 Å². The first-order chi connectivity index (χ1) is 7.50. The molecule has 4 atom stereocenters. The van der Waals surface area contributed by atoms with Crippen LogP contribution in [-0.4, -0.2) is 23.4 Å². The Morgan fingerprint density at radius 1 is 1.62 bits per heavy atom. The zero-order valence-corrected chi connectivity index (χ0v) is 10.1. The molecule has 1 aliphatic carbocycles. The van der Waals surface area contributed by atoms with Crippen molar-refractivity contribution in [2.75, 3.05) is 6.54 Å². The van der Waals surface area contributed by atoms with Gasteiger partial charge in [0.25, 0.3) is 0 Å². The lowest BCUT2D eigenvalue weighted by atomic mass is 9.69. The summed E-state index contributed by atoms with van der Waals surface area (Å²) >= 11 is 0. The molecule has 0 aromatic carbocycles. The topological polar surface area (TPSA) is 70.0 Å². The first-order valence-electron chi connectivity index (χ1n) is 5.25. The van der Waals surface area contributed by atoms with E-state index < -0.39 is 5.16 Å². The number of carbonyl (C=O) groups excluding carboxylic acids is 2. The van der Waals surface area contributed by atoms with Gasteiger partial charge in [0.2, 0.25) is 5.91 Å². The fourth-order valence-electron chi connectivity index (χ4n) is 2.56. The van der Waals surface area contributed by atoms with Gasteiger partial charge in [-0.3, -0.25) is 9.59 Å². The third kappa shape index (κ3) is 1.39. The van der Waals surface area contributed by atoms with Gasteiger partial charge >= 0.3 is 0 Å². The molecule has 1 heterocycles. The Morgan fingerprint density at radius 3 is 2.94 bits per heavy atom. The van der Waals surface area contributed by atoms with E-state index in [1.807, 2.05) is 6.07 Å². The number of nitrogens with one attached hydrogen (secondary N) is 1. The minimum Gasteiger partial charge on any atom is -0.355 e. The predicted molar refractivity (Wildman–Crippen MR) is 61.4 cm³/mol.